The number of carbonyl (C=O) groups is 1. The molecule has 1 amide bonds. The summed E-state index contributed by atoms with van der Waals surface area (Å²) in [5.74, 6) is 0.0413. The van der Waals surface area contributed by atoms with Gasteiger partial charge in [0, 0.05) is 12.6 Å². The number of rotatable bonds is 8. The van der Waals surface area contributed by atoms with Crippen molar-refractivity contribution >= 4 is 5.91 Å². The van der Waals surface area contributed by atoms with Crippen molar-refractivity contribution in [1.82, 2.24) is 10.2 Å². The first-order chi connectivity index (χ1) is 7.52. The van der Waals surface area contributed by atoms with Crippen LogP contribution in [-0.2, 0) is 4.79 Å². The van der Waals surface area contributed by atoms with Gasteiger partial charge in [0.25, 0.3) is 0 Å². The zero-order valence-electron chi connectivity index (χ0n) is 11.0. The van der Waals surface area contributed by atoms with Crippen molar-refractivity contribution in [2.75, 3.05) is 19.7 Å². The summed E-state index contributed by atoms with van der Waals surface area (Å²) in [5, 5.41) is 11.9. The maximum absolute atomic E-state index is 11.8. The Kier molecular flexibility index (Phi) is 8.21. The third-order valence-electron chi connectivity index (χ3n) is 2.54. The van der Waals surface area contributed by atoms with Crippen molar-refractivity contribution in [3.05, 3.63) is 0 Å². The van der Waals surface area contributed by atoms with Crippen molar-refractivity contribution in [2.24, 2.45) is 0 Å². The van der Waals surface area contributed by atoms with Crippen LogP contribution >= 0.6 is 0 Å². The monoisotopic (exact) mass is 230 g/mol. The van der Waals surface area contributed by atoms with Crippen LogP contribution < -0.4 is 5.32 Å². The van der Waals surface area contributed by atoms with Crippen LogP contribution in [0.1, 0.15) is 40.5 Å². The molecule has 0 heterocycles. The van der Waals surface area contributed by atoms with E-state index >= 15 is 0 Å². The Morgan fingerprint density at radius 1 is 1.31 bits per heavy atom. The maximum atomic E-state index is 11.8. The summed E-state index contributed by atoms with van der Waals surface area (Å²) >= 11 is 0. The van der Waals surface area contributed by atoms with Crippen molar-refractivity contribution < 1.29 is 9.90 Å². The van der Waals surface area contributed by atoms with Gasteiger partial charge in [-0.1, -0.05) is 13.3 Å². The Bertz CT molecular complexity index is 195. The Morgan fingerprint density at radius 3 is 2.38 bits per heavy atom. The lowest BCUT2D eigenvalue weighted by molar-refractivity contribution is -0.126. The van der Waals surface area contributed by atoms with E-state index in [0.717, 1.165) is 19.4 Å². The van der Waals surface area contributed by atoms with Gasteiger partial charge in [0.05, 0.1) is 12.6 Å². The van der Waals surface area contributed by atoms with Gasteiger partial charge in [-0.2, -0.15) is 0 Å². The number of aliphatic hydroxyl groups is 1. The lowest BCUT2D eigenvalue weighted by Gasteiger charge is -2.28. The summed E-state index contributed by atoms with van der Waals surface area (Å²) in [7, 11) is 0. The highest BCUT2D eigenvalue weighted by Crippen LogP contribution is 2.02. The first-order valence-electron chi connectivity index (χ1n) is 6.18. The predicted octanol–water partition coefficient (Wildman–Crippen LogP) is 0.994. The number of nitrogens with zero attached hydrogens (tertiary/aromatic N) is 1. The Morgan fingerprint density at radius 2 is 1.94 bits per heavy atom. The van der Waals surface area contributed by atoms with Crippen LogP contribution in [0.25, 0.3) is 0 Å². The fraction of sp³-hybridized carbons (Fsp3) is 0.917. The van der Waals surface area contributed by atoms with E-state index in [1.54, 1.807) is 0 Å². The first kappa shape index (κ1) is 15.4. The summed E-state index contributed by atoms with van der Waals surface area (Å²) < 4.78 is 0. The Labute approximate surface area is 99.0 Å². The second kappa shape index (κ2) is 8.53. The van der Waals surface area contributed by atoms with E-state index in [1.165, 1.54) is 0 Å². The van der Waals surface area contributed by atoms with Crippen LogP contribution in [-0.4, -0.2) is 47.7 Å². The SMILES string of the molecule is CCCCN(CCO)C(C)C(=O)NC(C)C. The highest BCUT2D eigenvalue weighted by atomic mass is 16.3. The molecule has 0 aromatic heterocycles. The van der Waals surface area contributed by atoms with Gasteiger partial charge < -0.3 is 10.4 Å². The lowest BCUT2D eigenvalue weighted by Crippen LogP contribution is -2.48. The molecule has 0 aliphatic heterocycles. The molecule has 0 rings (SSSR count). The topological polar surface area (TPSA) is 52.6 Å². The van der Waals surface area contributed by atoms with Gasteiger partial charge in [0.15, 0.2) is 0 Å². The molecule has 0 aromatic rings. The highest BCUT2D eigenvalue weighted by molar-refractivity contribution is 5.81. The van der Waals surface area contributed by atoms with Crippen LogP contribution in [0.3, 0.4) is 0 Å². The summed E-state index contributed by atoms with van der Waals surface area (Å²) in [6.07, 6.45) is 2.15. The van der Waals surface area contributed by atoms with Crippen LogP contribution in [0.5, 0.6) is 0 Å². The lowest BCUT2D eigenvalue weighted by atomic mass is 10.2. The molecule has 0 spiro atoms. The van der Waals surface area contributed by atoms with E-state index in [-0.39, 0.29) is 24.6 Å². The first-order valence-corrected chi connectivity index (χ1v) is 6.18. The highest BCUT2D eigenvalue weighted by Gasteiger charge is 2.20. The van der Waals surface area contributed by atoms with E-state index in [4.69, 9.17) is 5.11 Å². The van der Waals surface area contributed by atoms with Gasteiger partial charge in [0.1, 0.15) is 0 Å². The van der Waals surface area contributed by atoms with Gasteiger partial charge >= 0.3 is 0 Å². The fourth-order valence-corrected chi connectivity index (χ4v) is 1.56. The molecule has 4 heteroatoms. The van der Waals surface area contributed by atoms with E-state index in [9.17, 15) is 4.79 Å². The van der Waals surface area contributed by atoms with Crippen LogP contribution in [0.15, 0.2) is 0 Å². The van der Waals surface area contributed by atoms with E-state index in [2.05, 4.69) is 12.2 Å². The molecular formula is C12H26N2O2. The zero-order chi connectivity index (χ0) is 12.6. The van der Waals surface area contributed by atoms with Crippen LogP contribution in [0.2, 0.25) is 0 Å². The fourth-order valence-electron chi connectivity index (χ4n) is 1.56. The molecule has 0 fully saturated rings. The molecule has 2 N–H and O–H groups in total. The number of hydrogen-bond acceptors (Lipinski definition) is 3. The van der Waals surface area contributed by atoms with Gasteiger partial charge in [-0.15, -0.1) is 0 Å². The molecule has 1 unspecified atom stereocenters. The van der Waals surface area contributed by atoms with Crippen LogP contribution in [0, 0.1) is 0 Å². The molecule has 96 valence electrons. The van der Waals surface area contributed by atoms with E-state index in [0.29, 0.717) is 6.54 Å². The molecular weight excluding hydrogens is 204 g/mol. The number of amides is 1. The normalized spacial score (nSPS) is 13.2. The number of nitrogens with one attached hydrogen (secondary N) is 1. The van der Waals surface area contributed by atoms with Gasteiger partial charge in [-0.25, -0.2) is 0 Å². The summed E-state index contributed by atoms with van der Waals surface area (Å²) in [6, 6.07) is -0.00167. The second-order valence-corrected chi connectivity index (χ2v) is 4.45. The standard InChI is InChI=1S/C12H26N2O2/c1-5-6-7-14(8-9-15)11(4)12(16)13-10(2)3/h10-11,15H,5-9H2,1-4H3,(H,13,16). The minimum Gasteiger partial charge on any atom is -0.395 e. The molecule has 0 saturated heterocycles. The average Bonchev–Trinajstić information content (AvgIpc) is 2.22. The number of aliphatic hydroxyl groups excluding tert-OH is 1. The minimum absolute atomic E-state index is 0.0413. The Hall–Kier alpha value is -0.610. The number of carbonyl (C=O) groups excluding carboxylic acids is 1. The third kappa shape index (κ3) is 6.08. The van der Waals surface area contributed by atoms with E-state index in [1.807, 2.05) is 25.7 Å². The number of unbranched alkanes of at least 4 members (excludes halogenated alkanes) is 1. The molecule has 1 atom stereocenters. The summed E-state index contributed by atoms with van der Waals surface area (Å²) in [4.78, 5) is 13.8. The smallest absolute Gasteiger partial charge is 0.237 e. The number of hydrogen-bond donors (Lipinski definition) is 2. The average molecular weight is 230 g/mol. The zero-order valence-corrected chi connectivity index (χ0v) is 11.0. The molecule has 0 aliphatic rings. The van der Waals surface area contributed by atoms with Gasteiger partial charge in [0.2, 0.25) is 5.91 Å². The Balaban J connectivity index is 4.23. The molecule has 0 aromatic carbocycles. The van der Waals surface area contributed by atoms with Gasteiger partial charge in [-0.3, -0.25) is 9.69 Å². The molecule has 0 aliphatic carbocycles. The molecule has 0 bridgehead atoms. The van der Waals surface area contributed by atoms with Crippen molar-refractivity contribution in [1.29, 1.82) is 0 Å². The summed E-state index contributed by atoms with van der Waals surface area (Å²) in [5.41, 5.74) is 0. The van der Waals surface area contributed by atoms with Crippen LogP contribution in [0.4, 0.5) is 0 Å². The summed E-state index contributed by atoms with van der Waals surface area (Å²) in [6.45, 7) is 9.44. The van der Waals surface area contributed by atoms with E-state index < -0.39 is 0 Å². The molecule has 16 heavy (non-hydrogen) atoms. The predicted molar refractivity (Wildman–Crippen MR) is 66.3 cm³/mol. The molecule has 0 saturated carbocycles. The second-order valence-electron chi connectivity index (χ2n) is 4.45. The minimum atomic E-state index is -0.166. The molecule has 4 nitrogen and oxygen atoms in total. The van der Waals surface area contributed by atoms with Crippen molar-refractivity contribution in [2.45, 2.75) is 52.6 Å². The van der Waals surface area contributed by atoms with Crippen molar-refractivity contribution in [3.63, 3.8) is 0 Å². The maximum Gasteiger partial charge on any atom is 0.237 e. The quantitative estimate of drug-likeness (QED) is 0.654. The third-order valence-corrected chi connectivity index (χ3v) is 2.54. The van der Waals surface area contributed by atoms with Crippen molar-refractivity contribution in [3.8, 4) is 0 Å². The molecule has 0 radical (unpaired) electrons. The largest absolute Gasteiger partial charge is 0.395 e. The van der Waals surface area contributed by atoms with Gasteiger partial charge in [-0.05, 0) is 33.7 Å².